The van der Waals surface area contributed by atoms with Gasteiger partial charge >= 0.3 is 0 Å². The molecule has 1 fully saturated rings. The van der Waals surface area contributed by atoms with Gasteiger partial charge in [-0.05, 0) is 12.1 Å². The summed E-state index contributed by atoms with van der Waals surface area (Å²) in [5.74, 6) is 0. The van der Waals surface area contributed by atoms with E-state index in [0.29, 0.717) is 22.9 Å². The van der Waals surface area contributed by atoms with E-state index in [2.05, 4.69) is 14.9 Å². The monoisotopic (exact) mass is 282 g/mol. The minimum Gasteiger partial charge on any atom is -0.480 e. The molecule has 0 saturated carbocycles. The molecule has 0 bridgehead atoms. The van der Waals surface area contributed by atoms with Gasteiger partial charge in [0.15, 0.2) is 5.65 Å². The van der Waals surface area contributed by atoms with Crippen molar-refractivity contribution < 1.29 is 9.84 Å². The van der Waals surface area contributed by atoms with E-state index in [-0.39, 0.29) is 6.01 Å². The highest BCUT2D eigenvalue weighted by atomic mass is 35.5. The molecule has 2 aromatic rings. The lowest BCUT2D eigenvalue weighted by atomic mass is 10.4. The van der Waals surface area contributed by atoms with Crippen molar-refractivity contribution >= 4 is 22.8 Å². The first-order valence-electron chi connectivity index (χ1n) is 6.26. The zero-order valence-electron chi connectivity index (χ0n) is 10.4. The summed E-state index contributed by atoms with van der Waals surface area (Å²) in [6.07, 6.45) is 0. The molecule has 1 N–H and O–H groups in total. The zero-order chi connectivity index (χ0) is 13.2. The fourth-order valence-corrected chi connectivity index (χ4v) is 2.38. The van der Waals surface area contributed by atoms with Crippen molar-refractivity contribution in [3.8, 4) is 6.01 Å². The molecule has 6 nitrogen and oxygen atoms in total. The van der Waals surface area contributed by atoms with E-state index >= 15 is 0 Å². The molecule has 19 heavy (non-hydrogen) atoms. The zero-order valence-corrected chi connectivity index (χ0v) is 11.2. The van der Waals surface area contributed by atoms with Crippen molar-refractivity contribution in [2.45, 2.75) is 6.54 Å². The Bertz CT molecular complexity index is 580. The van der Waals surface area contributed by atoms with Crippen LogP contribution in [-0.4, -0.2) is 57.4 Å². The standard InChI is InChI=1S/C12H15ClN4O2/c13-10-2-1-9-11(15-10)17(12(18)14-9)4-3-16-5-7-19-8-6-16/h1-2H,3-8H2,(H,14,18). The highest BCUT2D eigenvalue weighted by Gasteiger charge is 2.14. The molecule has 0 amide bonds. The molecule has 1 aliphatic heterocycles. The van der Waals surface area contributed by atoms with Crippen LogP contribution >= 0.6 is 11.6 Å². The SMILES string of the molecule is Oc1nc2ccc(Cl)nc2n1CCN1CCOCC1. The number of aromatic hydroxyl groups is 1. The maximum atomic E-state index is 9.88. The Balaban J connectivity index is 1.79. The van der Waals surface area contributed by atoms with Gasteiger partial charge < -0.3 is 9.84 Å². The first kappa shape index (κ1) is 12.7. The number of pyridine rings is 1. The molecule has 1 aliphatic rings. The molecule has 0 spiro atoms. The summed E-state index contributed by atoms with van der Waals surface area (Å²) < 4.78 is 7.00. The molecule has 0 atom stereocenters. The summed E-state index contributed by atoms with van der Waals surface area (Å²) in [5, 5.41) is 10.3. The van der Waals surface area contributed by atoms with Gasteiger partial charge in [0.25, 0.3) is 6.01 Å². The molecule has 102 valence electrons. The number of imidazole rings is 1. The van der Waals surface area contributed by atoms with E-state index in [9.17, 15) is 5.11 Å². The van der Waals surface area contributed by atoms with Crippen LogP contribution in [0.4, 0.5) is 0 Å². The van der Waals surface area contributed by atoms with Crippen LogP contribution in [0, 0.1) is 0 Å². The maximum absolute atomic E-state index is 9.88. The Morgan fingerprint density at radius 1 is 1.21 bits per heavy atom. The van der Waals surface area contributed by atoms with E-state index in [1.807, 2.05) is 0 Å². The Morgan fingerprint density at radius 2 is 2.00 bits per heavy atom. The lowest BCUT2D eigenvalue weighted by Gasteiger charge is -2.26. The number of halogens is 1. The molecule has 2 aromatic heterocycles. The summed E-state index contributed by atoms with van der Waals surface area (Å²) >= 11 is 5.89. The van der Waals surface area contributed by atoms with Crippen molar-refractivity contribution in [1.29, 1.82) is 0 Å². The largest absolute Gasteiger partial charge is 0.480 e. The Morgan fingerprint density at radius 3 is 2.79 bits per heavy atom. The van der Waals surface area contributed by atoms with Gasteiger partial charge in [-0.2, -0.15) is 4.98 Å². The van der Waals surface area contributed by atoms with Crippen LogP contribution in [0.2, 0.25) is 5.15 Å². The minimum atomic E-state index is -0.0157. The normalized spacial score (nSPS) is 17.1. The Hall–Kier alpha value is -1.37. The van der Waals surface area contributed by atoms with E-state index in [4.69, 9.17) is 16.3 Å². The number of hydrogen-bond donors (Lipinski definition) is 1. The molecule has 3 rings (SSSR count). The molecule has 3 heterocycles. The first-order chi connectivity index (χ1) is 9.24. The summed E-state index contributed by atoms with van der Waals surface area (Å²) in [4.78, 5) is 10.6. The number of hydrogen-bond acceptors (Lipinski definition) is 5. The highest BCUT2D eigenvalue weighted by molar-refractivity contribution is 6.29. The second-order valence-electron chi connectivity index (χ2n) is 4.49. The predicted molar refractivity (Wildman–Crippen MR) is 71.5 cm³/mol. The number of fused-ring (bicyclic) bond motifs is 1. The fourth-order valence-electron chi connectivity index (χ4n) is 2.24. The van der Waals surface area contributed by atoms with Gasteiger partial charge in [-0.1, -0.05) is 11.6 Å². The topological polar surface area (TPSA) is 63.4 Å². The molecule has 7 heteroatoms. The van der Waals surface area contributed by atoms with Gasteiger partial charge in [0.05, 0.1) is 13.2 Å². The van der Waals surface area contributed by atoms with Crippen LogP contribution < -0.4 is 0 Å². The number of rotatable bonds is 3. The highest BCUT2D eigenvalue weighted by Crippen LogP contribution is 2.20. The Labute approximate surface area is 115 Å². The summed E-state index contributed by atoms with van der Waals surface area (Å²) in [6.45, 7) is 4.83. The molecule has 0 aromatic carbocycles. The predicted octanol–water partition coefficient (Wildman–Crippen LogP) is 1.12. The number of aromatic nitrogens is 3. The van der Waals surface area contributed by atoms with Crippen LogP contribution in [0.3, 0.4) is 0 Å². The molecule has 0 unspecified atom stereocenters. The van der Waals surface area contributed by atoms with Gasteiger partial charge in [-0.3, -0.25) is 9.47 Å². The quantitative estimate of drug-likeness (QED) is 0.855. The summed E-state index contributed by atoms with van der Waals surface area (Å²) in [5.41, 5.74) is 1.28. The second kappa shape index (κ2) is 5.32. The van der Waals surface area contributed by atoms with Gasteiger partial charge in [-0.15, -0.1) is 0 Å². The van der Waals surface area contributed by atoms with E-state index < -0.39 is 0 Å². The molecule has 0 radical (unpaired) electrons. The van der Waals surface area contributed by atoms with Crippen molar-refractivity contribution in [2.75, 3.05) is 32.8 Å². The van der Waals surface area contributed by atoms with Crippen LogP contribution in [0.15, 0.2) is 12.1 Å². The third kappa shape index (κ3) is 2.65. The van der Waals surface area contributed by atoms with Crippen molar-refractivity contribution in [3.05, 3.63) is 17.3 Å². The van der Waals surface area contributed by atoms with Gasteiger partial charge in [0, 0.05) is 26.2 Å². The molecular formula is C12H15ClN4O2. The van der Waals surface area contributed by atoms with Crippen molar-refractivity contribution in [2.24, 2.45) is 0 Å². The maximum Gasteiger partial charge on any atom is 0.296 e. The number of ether oxygens (including phenoxy) is 1. The molecular weight excluding hydrogens is 268 g/mol. The van der Waals surface area contributed by atoms with E-state index in [1.165, 1.54) is 0 Å². The fraction of sp³-hybridized carbons (Fsp3) is 0.500. The second-order valence-corrected chi connectivity index (χ2v) is 4.88. The number of nitrogens with zero attached hydrogens (tertiary/aromatic N) is 4. The van der Waals surface area contributed by atoms with Gasteiger partial charge in [0.2, 0.25) is 0 Å². The molecule has 1 saturated heterocycles. The smallest absolute Gasteiger partial charge is 0.296 e. The van der Waals surface area contributed by atoms with Crippen LogP contribution in [0.1, 0.15) is 0 Å². The van der Waals surface area contributed by atoms with Crippen LogP contribution in [0.25, 0.3) is 11.2 Å². The van der Waals surface area contributed by atoms with Crippen molar-refractivity contribution in [3.63, 3.8) is 0 Å². The third-order valence-corrected chi connectivity index (χ3v) is 3.49. The average molecular weight is 283 g/mol. The van der Waals surface area contributed by atoms with Gasteiger partial charge in [0.1, 0.15) is 10.7 Å². The van der Waals surface area contributed by atoms with E-state index in [0.717, 1.165) is 32.8 Å². The first-order valence-corrected chi connectivity index (χ1v) is 6.64. The van der Waals surface area contributed by atoms with Crippen LogP contribution in [-0.2, 0) is 11.3 Å². The van der Waals surface area contributed by atoms with Crippen molar-refractivity contribution in [1.82, 2.24) is 19.4 Å². The third-order valence-electron chi connectivity index (χ3n) is 3.28. The lowest BCUT2D eigenvalue weighted by Crippen LogP contribution is -2.38. The van der Waals surface area contributed by atoms with E-state index in [1.54, 1.807) is 16.7 Å². The lowest BCUT2D eigenvalue weighted by molar-refractivity contribution is 0.0363. The Kier molecular flexibility index (Phi) is 3.54. The summed E-state index contributed by atoms with van der Waals surface area (Å²) in [7, 11) is 0. The summed E-state index contributed by atoms with van der Waals surface area (Å²) in [6, 6.07) is 3.41. The molecule has 0 aliphatic carbocycles. The number of morpholine rings is 1. The van der Waals surface area contributed by atoms with Gasteiger partial charge in [-0.25, -0.2) is 4.98 Å². The average Bonchev–Trinajstić information content (AvgIpc) is 2.73. The minimum absolute atomic E-state index is 0.0157. The van der Waals surface area contributed by atoms with Crippen LogP contribution in [0.5, 0.6) is 6.01 Å².